The average Bonchev–Trinajstić information content (AvgIpc) is 3.36. The summed E-state index contributed by atoms with van der Waals surface area (Å²) < 4.78 is 50.1. The molecule has 26 heavy (non-hydrogen) atoms. The fourth-order valence-corrected chi connectivity index (χ4v) is 4.58. The molecule has 7 nitrogen and oxygen atoms in total. The second kappa shape index (κ2) is 5.78. The largest absolute Gasteiger partial charge is 0.493 e. The summed E-state index contributed by atoms with van der Waals surface area (Å²) >= 11 is 0. The highest BCUT2D eigenvalue weighted by atomic mass is 32.2. The highest BCUT2D eigenvalue weighted by Crippen LogP contribution is 2.40. The highest BCUT2D eigenvalue weighted by molar-refractivity contribution is 7.89. The molecule has 0 spiro atoms. The summed E-state index contributed by atoms with van der Waals surface area (Å²) in [6.07, 6.45) is 1.57. The van der Waals surface area contributed by atoms with Crippen LogP contribution in [0.4, 0.5) is 0 Å². The van der Waals surface area contributed by atoms with Crippen molar-refractivity contribution in [3.63, 3.8) is 0 Å². The van der Waals surface area contributed by atoms with Crippen molar-refractivity contribution in [3.05, 3.63) is 41.0 Å². The van der Waals surface area contributed by atoms with E-state index < -0.39 is 10.0 Å². The standard InChI is InChI=1S/C18H17NO6S/c20-26(21,12-1-2-15-17(8-12)25-10-24-15)19-9-14-13-4-6-22-16(13)7-11-3-5-23-18(11)14/h1-2,7-8,19H,3-6,9-10H2. The number of hydrogen-bond donors (Lipinski definition) is 1. The number of fused-ring (bicyclic) bond motifs is 3. The Balaban J connectivity index is 1.45. The van der Waals surface area contributed by atoms with E-state index in [9.17, 15) is 8.42 Å². The van der Waals surface area contributed by atoms with Gasteiger partial charge in [-0.2, -0.15) is 0 Å². The summed E-state index contributed by atoms with van der Waals surface area (Å²) in [6.45, 7) is 1.48. The third kappa shape index (κ3) is 2.48. The number of ether oxygens (including phenoxy) is 4. The molecule has 0 fully saturated rings. The number of sulfonamides is 1. The van der Waals surface area contributed by atoms with Crippen molar-refractivity contribution in [1.82, 2.24) is 4.72 Å². The fraction of sp³-hybridized carbons (Fsp3) is 0.333. The first-order valence-corrected chi connectivity index (χ1v) is 9.93. The predicted octanol–water partition coefficient (Wildman–Crippen LogP) is 1.76. The molecule has 3 aliphatic rings. The molecule has 5 rings (SSSR count). The van der Waals surface area contributed by atoms with E-state index in [1.165, 1.54) is 12.1 Å². The molecule has 2 aromatic carbocycles. The zero-order chi connectivity index (χ0) is 17.7. The number of rotatable bonds is 4. The zero-order valence-corrected chi connectivity index (χ0v) is 14.7. The van der Waals surface area contributed by atoms with Crippen molar-refractivity contribution >= 4 is 10.0 Å². The Bertz CT molecular complexity index is 969. The smallest absolute Gasteiger partial charge is 0.241 e. The Labute approximate surface area is 150 Å². The van der Waals surface area contributed by atoms with Crippen LogP contribution < -0.4 is 23.7 Å². The van der Waals surface area contributed by atoms with Gasteiger partial charge in [0.2, 0.25) is 16.8 Å². The van der Waals surface area contributed by atoms with E-state index >= 15 is 0 Å². The van der Waals surface area contributed by atoms with Crippen LogP contribution in [-0.4, -0.2) is 28.4 Å². The van der Waals surface area contributed by atoms with E-state index in [-0.39, 0.29) is 18.2 Å². The van der Waals surface area contributed by atoms with Crippen LogP contribution in [0.15, 0.2) is 29.2 Å². The van der Waals surface area contributed by atoms with Crippen LogP contribution in [0.2, 0.25) is 0 Å². The van der Waals surface area contributed by atoms with Gasteiger partial charge in [0.05, 0.1) is 18.1 Å². The fourth-order valence-electron chi connectivity index (χ4n) is 3.57. The average molecular weight is 375 g/mol. The lowest BCUT2D eigenvalue weighted by atomic mass is 10.00. The van der Waals surface area contributed by atoms with Crippen LogP contribution >= 0.6 is 0 Å². The molecule has 0 radical (unpaired) electrons. The van der Waals surface area contributed by atoms with Crippen LogP contribution in [0.1, 0.15) is 16.7 Å². The molecule has 1 N–H and O–H groups in total. The highest BCUT2D eigenvalue weighted by Gasteiger charge is 2.28. The molecule has 3 heterocycles. The van der Waals surface area contributed by atoms with Crippen LogP contribution in [-0.2, 0) is 29.4 Å². The monoisotopic (exact) mass is 375 g/mol. The van der Waals surface area contributed by atoms with E-state index in [1.807, 2.05) is 6.07 Å². The van der Waals surface area contributed by atoms with Crippen molar-refractivity contribution in [2.75, 3.05) is 20.0 Å². The molecule has 3 aliphatic heterocycles. The third-order valence-corrected chi connectivity index (χ3v) is 6.25. The van der Waals surface area contributed by atoms with Gasteiger partial charge in [0.1, 0.15) is 11.5 Å². The van der Waals surface area contributed by atoms with E-state index in [1.54, 1.807) is 6.07 Å². The van der Waals surface area contributed by atoms with E-state index in [0.29, 0.717) is 24.7 Å². The van der Waals surface area contributed by atoms with Crippen molar-refractivity contribution in [1.29, 1.82) is 0 Å². The lowest BCUT2D eigenvalue weighted by Gasteiger charge is -2.14. The maximum absolute atomic E-state index is 12.7. The minimum Gasteiger partial charge on any atom is -0.493 e. The van der Waals surface area contributed by atoms with Gasteiger partial charge in [-0.3, -0.25) is 0 Å². The van der Waals surface area contributed by atoms with Gasteiger partial charge in [-0.05, 0) is 18.2 Å². The Morgan fingerprint density at radius 3 is 2.69 bits per heavy atom. The molecular weight excluding hydrogens is 358 g/mol. The van der Waals surface area contributed by atoms with Crippen molar-refractivity contribution in [3.8, 4) is 23.0 Å². The second-order valence-electron chi connectivity index (χ2n) is 6.36. The summed E-state index contributed by atoms with van der Waals surface area (Å²) in [5.41, 5.74) is 2.97. The molecule has 0 aromatic heterocycles. The minimum absolute atomic E-state index is 0.103. The first-order chi connectivity index (χ1) is 12.6. The molecule has 0 unspecified atom stereocenters. The maximum Gasteiger partial charge on any atom is 0.241 e. The summed E-state index contributed by atoms with van der Waals surface area (Å²) in [4.78, 5) is 0.142. The van der Waals surface area contributed by atoms with Gasteiger partial charge in [0.15, 0.2) is 11.5 Å². The zero-order valence-electron chi connectivity index (χ0n) is 13.9. The molecule has 0 amide bonds. The van der Waals surface area contributed by atoms with E-state index in [4.69, 9.17) is 18.9 Å². The lowest BCUT2D eigenvalue weighted by Crippen LogP contribution is -2.24. The normalized spacial score (nSPS) is 16.8. The molecule has 2 aromatic rings. The van der Waals surface area contributed by atoms with Gasteiger partial charge in [0, 0.05) is 42.1 Å². The van der Waals surface area contributed by atoms with Gasteiger partial charge in [0.25, 0.3) is 0 Å². The number of nitrogens with one attached hydrogen (secondary N) is 1. The van der Waals surface area contributed by atoms with Gasteiger partial charge >= 0.3 is 0 Å². The van der Waals surface area contributed by atoms with E-state index in [0.717, 1.165) is 41.0 Å². The SMILES string of the molecule is O=S(=O)(NCc1c2c(cc3c1OCC3)OCC2)c1ccc2c(c1)OCO2. The third-order valence-electron chi connectivity index (χ3n) is 4.85. The van der Waals surface area contributed by atoms with Crippen LogP contribution in [0.5, 0.6) is 23.0 Å². The molecular formula is C18H17NO6S. The molecule has 136 valence electrons. The summed E-state index contributed by atoms with van der Waals surface area (Å²) in [5, 5.41) is 0. The molecule has 0 bridgehead atoms. The van der Waals surface area contributed by atoms with Crippen LogP contribution in [0.3, 0.4) is 0 Å². The quantitative estimate of drug-likeness (QED) is 0.877. The van der Waals surface area contributed by atoms with Crippen molar-refractivity contribution in [2.24, 2.45) is 0 Å². The Morgan fingerprint density at radius 2 is 1.77 bits per heavy atom. The molecule has 0 saturated heterocycles. The Hall–Kier alpha value is -2.45. The van der Waals surface area contributed by atoms with Crippen LogP contribution in [0, 0.1) is 0 Å². The van der Waals surface area contributed by atoms with Gasteiger partial charge in [-0.15, -0.1) is 0 Å². The van der Waals surface area contributed by atoms with E-state index in [2.05, 4.69) is 4.72 Å². The first kappa shape index (κ1) is 15.8. The van der Waals surface area contributed by atoms with Crippen molar-refractivity contribution in [2.45, 2.75) is 24.3 Å². The molecule has 0 atom stereocenters. The first-order valence-electron chi connectivity index (χ1n) is 8.44. The van der Waals surface area contributed by atoms with Gasteiger partial charge < -0.3 is 18.9 Å². The summed E-state index contributed by atoms with van der Waals surface area (Å²) in [5.74, 6) is 2.62. The maximum atomic E-state index is 12.7. The topological polar surface area (TPSA) is 83.1 Å². The lowest BCUT2D eigenvalue weighted by molar-refractivity contribution is 0.174. The second-order valence-corrected chi connectivity index (χ2v) is 8.12. The number of hydrogen-bond acceptors (Lipinski definition) is 6. The number of benzene rings is 2. The predicted molar refractivity (Wildman–Crippen MR) is 91.4 cm³/mol. The summed E-state index contributed by atoms with van der Waals surface area (Å²) in [7, 11) is -3.70. The van der Waals surface area contributed by atoms with Crippen molar-refractivity contribution < 1.29 is 27.4 Å². The Morgan fingerprint density at radius 1 is 0.923 bits per heavy atom. The molecule has 0 saturated carbocycles. The minimum atomic E-state index is -3.70. The van der Waals surface area contributed by atoms with Crippen LogP contribution in [0.25, 0.3) is 0 Å². The van der Waals surface area contributed by atoms with Gasteiger partial charge in [-0.1, -0.05) is 0 Å². The molecule has 0 aliphatic carbocycles. The Kier molecular flexibility index (Phi) is 3.51. The summed E-state index contributed by atoms with van der Waals surface area (Å²) in [6, 6.07) is 6.60. The van der Waals surface area contributed by atoms with Gasteiger partial charge in [-0.25, -0.2) is 13.1 Å². The molecule has 8 heteroatoms.